The minimum absolute atomic E-state index is 0.0117. The van der Waals surface area contributed by atoms with Crippen molar-refractivity contribution in [1.29, 1.82) is 0 Å². The van der Waals surface area contributed by atoms with Gasteiger partial charge >= 0.3 is 0 Å². The van der Waals surface area contributed by atoms with Crippen LogP contribution >= 0.6 is 0 Å². The van der Waals surface area contributed by atoms with Crippen LogP contribution in [0.5, 0.6) is 11.5 Å². The Kier molecular flexibility index (Phi) is 8.50. The Hall–Kier alpha value is -2.83. The summed E-state index contributed by atoms with van der Waals surface area (Å²) in [5, 5.41) is 2.94. The molecule has 1 fully saturated rings. The van der Waals surface area contributed by atoms with E-state index in [1.165, 1.54) is 11.6 Å². The molecule has 3 rings (SSSR count). The fourth-order valence-corrected chi connectivity index (χ4v) is 3.47. The van der Waals surface area contributed by atoms with E-state index in [1.807, 2.05) is 38.1 Å². The van der Waals surface area contributed by atoms with Gasteiger partial charge in [0.2, 0.25) is 5.91 Å². The number of nitrogens with one attached hydrogen (secondary N) is 1. The molecule has 2 aromatic rings. The first kappa shape index (κ1) is 22.8. The Morgan fingerprint density at radius 1 is 1.23 bits per heavy atom. The van der Waals surface area contributed by atoms with Crippen LogP contribution in [-0.2, 0) is 16.1 Å². The Morgan fingerprint density at radius 3 is 2.77 bits per heavy atom. The van der Waals surface area contributed by atoms with E-state index in [1.54, 1.807) is 13.2 Å². The van der Waals surface area contributed by atoms with Gasteiger partial charge in [-0.25, -0.2) is 0 Å². The molecule has 6 nitrogen and oxygen atoms in total. The van der Waals surface area contributed by atoms with Gasteiger partial charge in [0.15, 0.2) is 11.5 Å². The number of ether oxygens (including phenoxy) is 3. The molecule has 1 heterocycles. The normalized spacial score (nSPS) is 17.1. The lowest BCUT2D eigenvalue weighted by atomic mass is 10.1. The monoisotopic (exact) mass is 424 g/mol. The van der Waals surface area contributed by atoms with Gasteiger partial charge in [-0.2, -0.15) is 0 Å². The molecule has 2 aromatic carbocycles. The van der Waals surface area contributed by atoms with E-state index in [2.05, 4.69) is 34.5 Å². The molecule has 31 heavy (non-hydrogen) atoms. The number of nitrogens with zero attached hydrogens (tertiary/aromatic N) is 1. The molecule has 1 saturated heterocycles. The zero-order chi connectivity index (χ0) is 22.1. The second-order valence-electron chi connectivity index (χ2n) is 7.87. The number of carbonyl (C=O) groups is 1. The fourth-order valence-electron chi connectivity index (χ4n) is 3.47. The summed E-state index contributed by atoms with van der Waals surface area (Å²) >= 11 is 0. The fraction of sp³-hybridized carbons (Fsp3) is 0.400. The van der Waals surface area contributed by atoms with Gasteiger partial charge in [-0.15, -0.1) is 0 Å². The lowest BCUT2D eigenvalue weighted by molar-refractivity contribution is -0.117. The van der Waals surface area contributed by atoms with E-state index in [4.69, 9.17) is 14.2 Å². The van der Waals surface area contributed by atoms with E-state index < -0.39 is 0 Å². The lowest BCUT2D eigenvalue weighted by Crippen LogP contribution is -2.46. The maximum Gasteiger partial charge on any atom is 0.244 e. The molecule has 0 radical (unpaired) electrons. The molecule has 0 aromatic heterocycles. The lowest BCUT2D eigenvalue weighted by Gasteiger charge is -2.33. The minimum Gasteiger partial charge on any atom is -0.493 e. The van der Waals surface area contributed by atoms with E-state index in [-0.39, 0.29) is 18.1 Å². The topological polar surface area (TPSA) is 60.0 Å². The summed E-state index contributed by atoms with van der Waals surface area (Å²) in [7, 11) is 1.61. The molecular weight excluding hydrogens is 392 g/mol. The highest BCUT2D eigenvalue weighted by molar-refractivity contribution is 5.91. The van der Waals surface area contributed by atoms with Crippen molar-refractivity contribution in [3.63, 3.8) is 0 Å². The number of rotatable bonds is 9. The van der Waals surface area contributed by atoms with Crippen molar-refractivity contribution in [2.75, 3.05) is 33.4 Å². The van der Waals surface area contributed by atoms with Crippen LogP contribution in [0, 0.1) is 0 Å². The molecule has 1 atom stereocenters. The van der Waals surface area contributed by atoms with Crippen molar-refractivity contribution in [2.45, 2.75) is 32.6 Å². The van der Waals surface area contributed by atoms with Crippen molar-refractivity contribution >= 4 is 12.0 Å². The van der Waals surface area contributed by atoms with Gasteiger partial charge in [0, 0.05) is 32.3 Å². The summed E-state index contributed by atoms with van der Waals surface area (Å²) < 4.78 is 16.9. The number of hydrogen-bond donors (Lipinski definition) is 1. The molecule has 0 spiro atoms. The van der Waals surface area contributed by atoms with Crippen LogP contribution in [0.1, 0.15) is 25.0 Å². The maximum absolute atomic E-state index is 12.3. The van der Waals surface area contributed by atoms with Crippen LogP contribution in [0.2, 0.25) is 0 Å². The highest BCUT2D eigenvalue weighted by atomic mass is 16.5. The Morgan fingerprint density at radius 2 is 2.03 bits per heavy atom. The van der Waals surface area contributed by atoms with Crippen molar-refractivity contribution in [3.8, 4) is 11.5 Å². The third-order valence-corrected chi connectivity index (χ3v) is 4.95. The zero-order valence-electron chi connectivity index (χ0n) is 18.5. The first-order valence-corrected chi connectivity index (χ1v) is 10.7. The van der Waals surface area contributed by atoms with Crippen molar-refractivity contribution < 1.29 is 19.0 Å². The molecule has 1 N–H and O–H groups in total. The number of morpholine rings is 1. The maximum atomic E-state index is 12.3. The van der Waals surface area contributed by atoms with Gasteiger partial charge in [0.05, 0.1) is 25.9 Å². The van der Waals surface area contributed by atoms with Crippen LogP contribution in [0.4, 0.5) is 0 Å². The molecule has 1 amide bonds. The molecule has 0 aliphatic carbocycles. The van der Waals surface area contributed by atoms with Crippen LogP contribution in [-0.4, -0.2) is 56.4 Å². The van der Waals surface area contributed by atoms with Gasteiger partial charge in [0.25, 0.3) is 0 Å². The molecule has 6 heteroatoms. The molecule has 0 saturated carbocycles. The second kappa shape index (κ2) is 11.5. The largest absolute Gasteiger partial charge is 0.493 e. The molecule has 166 valence electrons. The Bertz CT molecular complexity index is 867. The van der Waals surface area contributed by atoms with Crippen molar-refractivity contribution in [1.82, 2.24) is 10.2 Å². The predicted octanol–water partition coefficient (Wildman–Crippen LogP) is 3.51. The van der Waals surface area contributed by atoms with E-state index >= 15 is 0 Å². The van der Waals surface area contributed by atoms with Gasteiger partial charge in [-0.3, -0.25) is 9.69 Å². The van der Waals surface area contributed by atoms with E-state index in [0.29, 0.717) is 24.7 Å². The summed E-state index contributed by atoms with van der Waals surface area (Å²) in [4.78, 5) is 14.6. The molecule has 0 bridgehead atoms. The smallest absolute Gasteiger partial charge is 0.244 e. The summed E-state index contributed by atoms with van der Waals surface area (Å²) in [6.07, 6.45) is 3.34. The number of methoxy groups -OCH3 is 1. The third-order valence-electron chi connectivity index (χ3n) is 4.95. The molecule has 1 aliphatic heterocycles. The highest BCUT2D eigenvalue weighted by Gasteiger charge is 2.20. The number of amides is 1. The average Bonchev–Trinajstić information content (AvgIpc) is 2.77. The van der Waals surface area contributed by atoms with Crippen molar-refractivity contribution in [2.24, 2.45) is 0 Å². The zero-order valence-corrected chi connectivity index (χ0v) is 18.5. The number of carbonyl (C=O) groups excluding carboxylic acids is 1. The molecule has 1 unspecified atom stereocenters. The van der Waals surface area contributed by atoms with Crippen LogP contribution in [0.3, 0.4) is 0 Å². The standard InChI is InChI=1S/C25H32N2O4/c1-19(2)31-23-11-9-20(15-24(23)29-3)10-12-25(28)26-16-22-18-27(13-14-30-22)17-21-7-5-4-6-8-21/h4-12,15,19,22H,13-14,16-18H2,1-3H3,(H,26,28)/b12-10+. The average molecular weight is 425 g/mol. The SMILES string of the molecule is COc1cc(/C=C/C(=O)NCC2CN(Cc3ccccc3)CCO2)ccc1OC(C)C. The van der Waals surface area contributed by atoms with E-state index in [9.17, 15) is 4.79 Å². The molecule has 1 aliphatic rings. The van der Waals surface area contributed by atoms with Crippen LogP contribution in [0.25, 0.3) is 6.08 Å². The Balaban J connectivity index is 1.47. The van der Waals surface area contributed by atoms with Gasteiger partial charge in [0.1, 0.15) is 0 Å². The van der Waals surface area contributed by atoms with E-state index in [0.717, 1.165) is 25.2 Å². The quantitative estimate of drug-likeness (QED) is 0.624. The molecular formula is C25H32N2O4. The first-order chi connectivity index (χ1) is 15.0. The number of benzene rings is 2. The third kappa shape index (κ3) is 7.42. The van der Waals surface area contributed by atoms with Gasteiger partial charge in [-0.1, -0.05) is 36.4 Å². The van der Waals surface area contributed by atoms with Crippen LogP contribution in [0.15, 0.2) is 54.6 Å². The number of hydrogen-bond acceptors (Lipinski definition) is 5. The van der Waals surface area contributed by atoms with Crippen molar-refractivity contribution in [3.05, 3.63) is 65.7 Å². The summed E-state index contributed by atoms with van der Waals surface area (Å²) in [5.41, 5.74) is 2.15. The Labute approximate surface area is 184 Å². The minimum atomic E-state index is -0.148. The van der Waals surface area contributed by atoms with Gasteiger partial charge < -0.3 is 19.5 Å². The second-order valence-corrected chi connectivity index (χ2v) is 7.87. The van der Waals surface area contributed by atoms with Crippen LogP contribution < -0.4 is 14.8 Å². The first-order valence-electron chi connectivity index (χ1n) is 10.7. The summed E-state index contributed by atoms with van der Waals surface area (Å²) in [6.45, 7) is 7.69. The highest BCUT2D eigenvalue weighted by Crippen LogP contribution is 2.29. The van der Waals surface area contributed by atoms with Gasteiger partial charge in [-0.05, 0) is 43.2 Å². The predicted molar refractivity (Wildman–Crippen MR) is 122 cm³/mol. The summed E-state index contributed by atoms with van der Waals surface area (Å²) in [6, 6.07) is 16.0. The summed E-state index contributed by atoms with van der Waals surface area (Å²) in [5.74, 6) is 1.18.